The van der Waals surface area contributed by atoms with E-state index in [-0.39, 0.29) is 11.9 Å². The summed E-state index contributed by atoms with van der Waals surface area (Å²) in [5.41, 5.74) is 0. The molecule has 0 aliphatic rings. The summed E-state index contributed by atoms with van der Waals surface area (Å²) in [5.74, 6) is 0.676. The number of carbonyl (C=O) groups is 1. The van der Waals surface area contributed by atoms with E-state index in [4.69, 9.17) is 16.3 Å². The van der Waals surface area contributed by atoms with Crippen LogP contribution in [0.25, 0.3) is 0 Å². The lowest BCUT2D eigenvalue weighted by Gasteiger charge is -2.07. The summed E-state index contributed by atoms with van der Waals surface area (Å²) in [4.78, 5) is 22.4. The highest BCUT2D eigenvalue weighted by Crippen LogP contribution is 2.08. The van der Waals surface area contributed by atoms with Crippen molar-refractivity contribution in [2.75, 3.05) is 37.9 Å². The van der Waals surface area contributed by atoms with Crippen LogP contribution in [0.15, 0.2) is 0 Å². The summed E-state index contributed by atoms with van der Waals surface area (Å²) in [5, 5.41) is 8.00. The molecule has 0 atom stereocenters. The average molecular weight is 261 g/mol. The summed E-state index contributed by atoms with van der Waals surface area (Å²) in [7, 11) is 3.16. The second-order valence-corrected chi connectivity index (χ2v) is 3.15. The minimum atomic E-state index is -0.489. The molecule has 3 N–H and O–H groups in total. The topological polar surface area (TPSA) is 101 Å². The molecule has 1 aromatic heterocycles. The zero-order valence-corrected chi connectivity index (χ0v) is 10.2. The number of alkyl carbamates (subject to hydrolysis) is 1. The van der Waals surface area contributed by atoms with Crippen LogP contribution in [0.5, 0.6) is 0 Å². The Morgan fingerprint density at radius 3 is 2.65 bits per heavy atom. The largest absolute Gasteiger partial charge is 0.448 e. The molecular formula is C8H13ClN6O2. The number of nitrogens with zero attached hydrogens (tertiary/aromatic N) is 3. The number of carbonyl (C=O) groups excluding carboxylic acids is 1. The van der Waals surface area contributed by atoms with Crippen LogP contribution in [-0.4, -0.2) is 48.3 Å². The average Bonchev–Trinajstić information content (AvgIpc) is 2.33. The third kappa shape index (κ3) is 4.68. The summed E-state index contributed by atoms with van der Waals surface area (Å²) in [6, 6.07) is 0. The summed E-state index contributed by atoms with van der Waals surface area (Å²) in [6.45, 7) is 0.564. The van der Waals surface area contributed by atoms with E-state index in [0.717, 1.165) is 0 Å². The van der Waals surface area contributed by atoms with E-state index in [1.54, 1.807) is 7.05 Å². The zero-order chi connectivity index (χ0) is 12.7. The molecule has 9 heteroatoms. The maximum atomic E-state index is 10.7. The fraction of sp³-hybridized carbons (Fsp3) is 0.500. The maximum absolute atomic E-state index is 10.7. The predicted molar refractivity (Wildman–Crippen MR) is 63.3 cm³/mol. The predicted octanol–water partition coefficient (Wildman–Crippen LogP) is 0.335. The fourth-order valence-corrected chi connectivity index (χ4v) is 1.08. The van der Waals surface area contributed by atoms with Crippen LogP contribution in [0.3, 0.4) is 0 Å². The molecule has 1 rings (SSSR count). The Bertz CT molecular complexity index is 388. The molecule has 1 amide bonds. The molecule has 0 spiro atoms. The standard InChI is InChI=1S/C8H13ClN6O2/c1-10-6-13-5(9)14-7(15-6)12-3-4-17-8(16)11-2/h3-4H2,1-2H3,(H,11,16)(H2,10,12,13,14,15). The van der Waals surface area contributed by atoms with Gasteiger partial charge in [-0.25, -0.2) is 4.79 Å². The molecular weight excluding hydrogens is 248 g/mol. The van der Waals surface area contributed by atoms with Gasteiger partial charge in [-0.3, -0.25) is 0 Å². The van der Waals surface area contributed by atoms with Crippen molar-refractivity contribution in [3.05, 3.63) is 5.28 Å². The van der Waals surface area contributed by atoms with Crippen molar-refractivity contribution >= 4 is 29.6 Å². The van der Waals surface area contributed by atoms with Crippen LogP contribution in [0.1, 0.15) is 0 Å². The van der Waals surface area contributed by atoms with Gasteiger partial charge in [-0.15, -0.1) is 0 Å². The molecule has 0 radical (unpaired) electrons. The third-order valence-corrected chi connectivity index (χ3v) is 1.82. The highest BCUT2D eigenvalue weighted by molar-refractivity contribution is 6.28. The Morgan fingerprint density at radius 1 is 1.29 bits per heavy atom. The van der Waals surface area contributed by atoms with E-state index in [0.29, 0.717) is 18.4 Å². The van der Waals surface area contributed by atoms with Crippen molar-refractivity contribution in [3.8, 4) is 0 Å². The molecule has 0 saturated heterocycles. The lowest BCUT2D eigenvalue weighted by Crippen LogP contribution is -2.22. The zero-order valence-electron chi connectivity index (χ0n) is 9.45. The second kappa shape index (κ2) is 6.69. The monoisotopic (exact) mass is 260 g/mol. The minimum absolute atomic E-state index is 0.0825. The summed E-state index contributed by atoms with van der Waals surface area (Å²) >= 11 is 5.68. The van der Waals surface area contributed by atoms with Gasteiger partial charge >= 0.3 is 6.09 Å². The van der Waals surface area contributed by atoms with Crippen molar-refractivity contribution in [3.63, 3.8) is 0 Å². The Morgan fingerprint density at radius 2 is 2.00 bits per heavy atom. The van der Waals surface area contributed by atoms with E-state index in [1.807, 2.05) is 0 Å². The summed E-state index contributed by atoms with van der Waals surface area (Å²) in [6.07, 6.45) is -0.489. The van der Waals surface area contributed by atoms with Crippen molar-refractivity contribution in [1.29, 1.82) is 0 Å². The van der Waals surface area contributed by atoms with Crippen molar-refractivity contribution in [1.82, 2.24) is 20.3 Å². The van der Waals surface area contributed by atoms with Gasteiger partial charge in [0.1, 0.15) is 6.61 Å². The Hall–Kier alpha value is -1.83. The van der Waals surface area contributed by atoms with Crippen LogP contribution < -0.4 is 16.0 Å². The maximum Gasteiger partial charge on any atom is 0.406 e. The Labute approximate surface area is 103 Å². The van der Waals surface area contributed by atoms with Gasteiger partial charge in [-0.05, 0) is 11.6 Å². The van der Waals surface area contributed by atoms with Gasteiger partial charge in [0.15, 0.2) is 0 Å². The first-order chi connectivity index (χ1) is 8.15. The lowest BCUT2D eigenvalue weighted by molar-refractivity contribution is 0.153. The van der Waals surface area contributed by atoms with Crippen molar-refractivity contribution in [2.45, 2.75) is 0 Å². The number of hydrogen-bond acceptors (Lipinski definition) is 7. The molecule has 17 heavy (non-hydrogen) atoms. The molecule has 94 valence electrons. The van der Waals surface area contributed by atoms with E-state index in [9.17, 15) is 4.79 Å². The molecule has 0 aromatic carbocycles. The number of amides is 1. The van der Waals surface area contributed by atoms with E-state index in [2.05, 4.69) is 30.9 Å². The number of ether oxygens (including phenoxy) is 1. The Balaban J connectivity index is 2.41. The van der Waals surface area contributed by atoms with Crippen LogP contribution in [-0.2, 0) is 4.74 Å². The smallest absolute Gasteiger partial charge is 0.406 e. The first-order valence-electron chi connectivity index (χ1n) is 4.83. The highest BCUT2D eigenvalue weighted by Gasteiger charge is 2.03. The summed E-state index contributed by atoms with van der Waals surface area (Å²) < 4.78 is 4.77. The number of aromatic nitrogens is 3. The van der Waals surface area contributed by atoms with E-state index in [1.165, 1.54) is 7.05 Å². The van der Waals surface area contributed by atoms with Crippen molar-refractivity contribution < 1.29 is 9.53 Å². The lowest BCUT2D eigenvalue weighted by atomic mass is 10.7. The highest BCUT2D eigenvalue weighted by atomic mass is 35.5. The molecule has 8 nitrogen and oxygen atoms in total. The molecule has 0 bridgehead atoms. The molecule has 0 saturated carbocycles. The van der Waals surface area contributed by atoms with Crippen molar-refractivity contribution in [2.24, 2.45) is 0 Å². The number of rotatable bonds is 5. The van der Waals surface area contributed by atoms with Crippen LogP contribution in [0, 0.1) is 0 Å². The minimum Gasteiger partial charge on any atom is -0.448 e. The van der Waals surface area contributed by atoms with Gasteiger partial charge in [0.05, 0.1) is 6.54 Å². The molecule has 1 heterocycles. The molecule has 1 aromatic rings. The van der Waals surface area contributed by atoms with Gasteiger partial charge in [0, 0.05) is 14.1 Å². The quantitative estimate of drug-likeness (QED) is 0.656. The van der Waals surface area contributed by atoms with Crippen LogP contribution in [0.2, 0.25) is 5.28 Å². The first kappa shape index (κ1) is 13.2. The van der Waals surface area contributed by atoms with Crippen LogP contribution in [0.4, 0.5) is 16.7 Å². The first-order valence-corrected chi connectivity index (χ1v) is 5.21. The number of hydrogen-bond donors (Lipinski definition) is 3. The van der Waals surface area contributed by atoms with Gasteiger partial charge < -0.3 is 20.7 Å². The fourth-order valence-electron chi connectivity index (χ4n) is 0.920. The number of anilines is 2. The van der Waals surface area contributed by atoms with Gasteiger partial charge in [-0.2, -0.15) is 15.0 Å². The van der Waals surface area contributed by atoms with E-state index >= 15 is 0 Å². The number of halogens is 1. The molecule has 0 fully saturated rings. The molecule has 0 aliphatic heterocycles. The van der Waals surface area contributed by atoms with Gasteiger partial charge in [-0.1, -0.05) is 0 Å². The van der Waals surface area contributed by atoms with Gasteiger partial charge in [0.2, 0.25) is 17.2 Å². The normalized spacial score (nSPS) is 9.59. The van der Waals surface area contributed by atoms with Crippen LogP contribution >= 0.6 is 11.6 Å². The third-order valence-electron chi connectivity index (χ3n) is 1.65. The Kier molecular flexibility index (Phi) is 5.21. The van der Waals surface area contributed by atoms with Gasteiger partial charge in [0.25, 0.3) is 0 Å². The molecule has 0 aliphatic carbocycles. The number of nitrogens with one attached hydrogen (secondary N) is 3. The molecule has 0 unspecified atom stereocenters. The second-order valence-electron chi connectivity index (χ2n) is 2.81. The SMILES string of the molecule is CNC(=O)OCCNc1nc(Cl)nc(NC)n1. The van der Waals surface area contributed by atoms with E-state index < -0.39 is 6.09 Å².